The molecule has 5 nitrogen and oxygen atoms in total. The van der Waals surface area contributed by atoms with Gasteiger partial charge in [0.15, 0.2) is 0 Å². The first kappa shape index (κ1) is 14.5. The number of anilines is 3. The van der Waals surface area contributed by atoms with Gasteiger partial charge in [-0.1, -0.05) is 17.7 Å². The average molecular weight is 318 g/mol. The highest BCUT2D eigenvalue weighted by molar-refractivity contribution is 6.30. The van der Waals surface area contributed by atoms with E-state index >= 15 is 0 Å². The number of hydrogen-bond donors (Lipinski definition) is 2. The monoisotopic (exact) mass is 317 g/mol. The van der Waals surface area contributed by atoms with E-state index in [9.17, 15) is 4.79 Å². The first-order chi connectivity index (χ1) is 10.6. The van der Waals surface area contributed by atoms with Crippen molar-refractivity contribution < 1.29 is 9.53 Å². The third-order valence-electron chi connectivity index (χ3n) is 3.39. The molecule has 0 bridgehead atoms. The van der Waals surface area contributed by atoms with Crippen LogP contribution in [0, 0.1) is 0 Å². The van der Waals surface area contributed by atoms with Gasteiger partial charge in [-0.2, -0.15) is 0 Å². The molecule has 1 heterocycles. The molecule has 2 amide bonds. The Morgan fingerprint density at radius 1 is 1.18 bits per heavy atom. The SMILES string of the molecule is CN1CCOc2ccc(NC(=O)Nc3cccc(Cl)c3)cc21. The number of carbonyl (C=O) groups is 1. The average Bonchev–Trinajstić information content (AvgIpc) is 2.48. The lowest BCUT2D eigenvalue weighted by molar-refractivity contribution is 0.262. The number of nitrogens with zero attached hydrogens (tertiary/aromatic N) is 1. The number of carbonyl (C=O) groups excluding carboxylic acids is 1. The van der Waals surface area contributed by atoms with Crippen molar-refractivity contribution in [3.8, 4) is 5.75 Å². The molecule has 6 heteroatoms. The van der Waals surface area contributed by atoms with E-state index < -0.39 is 0 Å². The van der Waals surface area contributed by atoms with Crippen LogP contribution in [0.1, 0.15) is 0 Å². The molecule has 2 aromatic rings. The second-order valence-corrected chi connectivity index (χ2v) is 5.48. The van der Waals surface area contributed by atoms with Gasteiger partial charge in [0.1, 0.15) is 12.4 Å². The molecular formula is C16H16ClN3O2. The number of rotatable bonds is 2. The van der Waals surface area contributed by atoms with Crippen LogP contribution in [0.3, 0.4) is 0 Å². The Bertz CT molecular complexity index is 706. The zero-order valence-corrected chi connectivity index (χ0v) is 12.9. The van der Waals surface area contributed by atoms with Crippen molar-refractivity contribution in [2.75, 3.05) is 35.7 Å². The maximum absolute atomic E-state index is 12.0. The molecule has 2 N–H and O–H groups in total. The van der Waals surface area contributed by atoms with Crippen molar-refractivity contribution in [2.24, 2.45) is 0 Å². The normalized spacial score (nSPS) is 13.1. The number of likely N-dealkylation sites (N-methyl/N-ethyl adjacent to an activating group) is 1. The van der Waals surface area contributed by atoms with Crippen LogP contribution in [-0.4, -0.2) is 26.2 Å². The zero-order valence-electron chi connectivity index (χ0n) is 12.1. The molecule has 0 saturated heterocycles. The number of halogens is 1. The molecule has 0 radical (unpaired) electrons. The highest BCUT2D eigenvalue weighted by Crippen LogP contribution is 2.33. The molecule has 0 spiro atoms. The molecule has 0 saturated carbocycles. The van der Waals surface area contributed by atoms with E-state index in [0.29, 0.717) is 23.0 Å². The standard InChI is InChI=1S/C16H16ClN3O2/c1-20-7-8-22-15-6-5-13(10-14(15)20)19-16(21)18-12-4-2-3-11(17)9-12/h2-6,9-10H,7-8H2,1H3,(H2,18,19,21). The van der Waals surface area contributed by atoms with Crippen molar-refractivity contribution in [1.29, 1.82) is 0 Å². The highest BCUT2D eigenvalue weighted by Gasteiger charge is 2.15. The van der Waals surface area contributed by atoms with E-state index in [1.165, 1.54) is 0 Å². The number of ether oxygens (including phenoxy) is 1. The Labute approximate surface area is 133 Å². The minimum absolute atomic E-state index is 0.318. The summed E-state index contributed by atoms with van der Waals surface area (Å²) in [5, 5.41) is 6.12. The fourth-order valence-corrected chi connectivity index (χ4v) is 2.48. The summed E-state index contributed by atoms with van der Waals surface area (Å²) in [5.41, 5.74) is 2.31. The second kappa shape index (κ2) is 6.15. The summed E-state index contributed by atoms with van der Waals surface area (Å²) in [4.78, 5) is 14.1. The predicted octanol–water partition coefficient (Wildman–Crippen LogP) is 3.81. The predicted molar refractivity (Wildman–Crippen MR) is 89.3 cm³/mol. The Morgan fingerprint density at radius 2 is 1.95 bits per heavy atom. The fourth-order valence-electron chi connectivity index (χ4n) is 2.29. The number of nitrogens with one attached hydrogen (secondary N) is 2. The molecule has 22 heavy (non-hydrogen) atoms. The second-order valence-electron chi connectivity index (χ2n) is 5.04. The third-order valence-corrected chi connectivity index (χ3v) is 3.63. The molecule has 0 aromatic heterocycles. The third kappa shape index (κ3) is 3.26. The smallest absolute Gasteiger partial charge is 0.323 e. The van der Waals surface area contributed by atoms with Gasteiger partial charge < -0.3 is 20.3 Å². The highest BCUT2D eigenvalue weighted by atomic mass is 35.5. The Balaban J connectivity index is 1.70. The quantitative estimate of drug-likeness (QED) is 0.885. The van der Waals surface area contributed by atoms with Gasteiger partial charge in [0.2, 0.25) is 0 Å². The van der Waals surface area contributed by atoms with Crippen molar-refractivity contribution in [3.63, 3.8) is 0 Å². The van der Waals surface area contributed by atoms with Crippen molar-refractivity contribution in [2.45, 2.75) is 0 Å². The lowest BCUT2D eigenvalue weighted by Crippen LogP contribution is -2.29. The number of fused-ring (bicyclic) bond motifs is 1. The van der Waals surface area contributed by atoms with Crippen LogP contribution in [0.2, 0.25) is 5.02 Å². The van der Waals surface area contributed by atoms with E-state index in [1.807, 2.05) is 25.2 Å². The molecule has 3 rings (SSSR count). The van der Waals surface area contributed by atoms with Crippen LogP contribution >= 0.6 is 11.6 Å². The lowest BCUT2D eigenvalue weighted by atomic mass is 10.2. The first-order valence-electron chi connectivity index (χ1n) is 6.93. The number of hydrogen-bond acceptors (Lipinski definition) is 3. The molecule has 1 aliphatic rings. The molecule has 114 valence electrons. The maximum atomic E-state index is 12.0. The van der Waals surface area contributed by atoms with Crippen molar-refractivity contribution in [1.82, 2.24) is 0 Å². The van der Waals surface area contributed by atoms with Gasteiger partial charge in [-0.25, -0.2) is 4.79 Å². The van der Waals surface area contributed by atoms with Gasteiger partial charge in [-0.15, -0.1) is 0 Å². The number of benzene rings is 2. The molecule has 0 unspecified atom stereocenters. The summed E-state index contributed by atoms with van der Waals surface area (Å²) in [6, 6.07) is 12.3. The van der Waals surface area contributed by atoms with Gasteiger partial charge in [-0.05, 0) is 36.4 Å². The van der Waals surface area contributed by atoms with E-state index in [0.717, 1.165) is 18.0 Å². The van der Waals surface area contributed by atoms with E-state index in [1.54, 1.807) is 24.3 Å². The molecule has 1 aliphatic heterocycles. The van der Waals surface area contributed by atoms with Gasteiger partial charge in [0.25, 0.3) is 0 Å². The Kier molecular flexibility index (Phi) is 4.06. The summed E-state index contributed by atoms with van der Waals surface area (Å²) < 4.78 is 5.58. The molecule has 2 aromatic carbocycles. The number of amides is 2. The van der Waals surface area contributed by atoms with E-state index in [4.69, 9.17) is 16.3 Å². The van der Waals surface area contributed by atoms with Crippen molar-refractivity contribution >= 4 is 34.7 Å². The van der Waals surface area contributed by atoms with Crippen LogP contribution in [0.4, 0.5) is 21.9 Å². The summed E-state index contributed by atoms with van der Waals surface area (Å²) in [6.07, 6.45) is 0. The first-order valence-corrected chi connectivity index (χ1v) is 7.31. The minimum Gasteiger partial charge on any atom is -0.490 e. The van der Waals surface area contributed by atoms with Gasteiger partial charge >= 0.3 is 6.03 Å². The topological polar surface area (TPSA) is 53.6 Å². The van der Waals surface area contributed by atoms with Gasteiger partial charge in [-0.3, -0.25) is 0 Å². The van der Waals surface area contributed by atoms with Crippen LogP contribution < -0.4 is 20.3 Å². The molecule has 0 fully saturated rings. The van der Waals surface area contributed by atoms with Crippen molar-refractivity contribution in [3.05, 3.63) is 47.5 Å². The lowest BCUT2D eigenvalue weighted by Gasteiger charge is -2.28. The largest absolute Gasteiger partial charge is 0.490 e. The van der Waals surface area contributed by atoms with Gasteiger partial charge in [0.05, 0.1) is 12.2 Å². The van der Waals surface area contributed by atoms with Gasteiger partial charge in [0, 0.05) is 23.4 Å². The van der Waals surface area contributed by atoms with E-state index in [-0.39, 0.29) is 6.03 Å². The van der Waals surface area contributed by atoms with E-state index in [2.05, 4.69) is 15.5 Å². The van der Waals surface area contributed by atoms with Crippen LogP contribution in [0.25, 0.3) is 0 Å². The van der Waals surface area contributed by atoms with Crippen LogP contribution in [-0.2, 0) is 0 Å². The Morgan fingerprint density at radius 3 is 2.73 bits per heavy atom. The summed E-state index contributed by atoms with van der Waals surface area (Å²) in [7, 11) is 2.00. The molecular weight excluding hydrogens is 302 g/mol. The molecule has 0 atom stereocenters. The van der Waals surface area contributed by atoms with Crippen LogP contribution in [0.15, 0.2) is 42.5 Å². The Hall–Kier alpha value is -2.40. The maximum Gasteiger partial charge on any atom is 0.323 e. The summed E-state index contributed by atoms with van der Waals surface area (Å²) >= 11 is 5.89. The minimum atomic E-state index is -0.318. The summed E-state index contributed by atoms with van der Waals surface area (Å²) in [6.45, 7) is 1.50. The van der Waals surface area contributed by atoms with Crippen LogP contribution in [0.5, 0.6) is 5.75 Å². The fraction of sp³-hybridized carbons (Fsp3) is 0.188. The summed E-state index contributed by atoms with van der Waals surface area (Å²) in [5.74, 6) is 0.828. The zero-order chi connectivity index (χ0) is 15.5. The molecule has 0 aliphatic carbocycles. The number of urea groups is 1.